The molecular weight excluding hydrogens is 266 g/mol. The lowest BCUT2D eigenvalue weighted by atomic mass is 10.1. The highest BCUT2D eigenvalue weighted by Gasteiger charge is 2.21. The number of halogens is 2. The number of amides is 1. The average Bonchev–Trinajstić information content (AvgIpc) is 2.40. The van der Waals surface area contributed by atoms with Crippen molar-refractivity contribution in [3.63, 3.8) is 0 Å². The van der Waals surface area contributed by atoms with Crippen LogP contribution < -0.4 is 10.1 Å². The van der Waals surface area contributed by atoms with Crippen molar-refractivity contribution < 1.29 is 18.3 Å². The van der Waals surface area contributed by atoms with Gasteiger partial charge in [0.05, 0.1) is 6.42 Å². The molecule has 110 valence electrons. The summed E-state index contributed by atoms with van der Waals surface area (Å²) >= 11 is 0. The minimum atomic E-state index is -2.88. The van der Waals surface area contributed by atoms with E-state index in [4.69, 9.17) is 0 Å². The smallest absolute Gasteiger partial charge is 0.387 e. The number of carbonyl (C=O) groups excluding carboxylic acids is 1. The van der Waals surface area contributed by atoms with Crippen molar-refractivity contribution in [3.05, 3.63) is 29.8 Å². The summed E-state index contributed by atoms with van der Waals surface area (Å²) in [7, 11) is 0. The number of hydrogen-bond donors (Lipinski definition) is 1. The minimum Gasteiger partial charge on any atom is -0.435 e. The van der Waals surface area contributed by atoms with E-state index >= 15 is 0 Å². The molecule has 1 atom stereocenters. The minimum absolute atomic E-state index is 0.0660. The van der Waals surface area contributed by atoms with E-state index in [-0.39, 0.29) is 24.1 Å². The lowest BCUT2D eigenvalue weighted by Gasteiger charge is -2.32. The van der Waals surface area contributed by atoms with E-state index in [0.29, 0.717) is 18.7 Å². The van der Waals surface area contributed by atoms with Crippen molar-refractivity contribution in [1.29, 1.82) is 0 Å². The van der Waals surface area contributed by atoms with Gasteiger partial charge in [-0.2, -0.15) is 8.78 Å². The van der Waals surface area contributed by atoms with Crippen molar-refractivity contribution in [1.82, 2.24) is 10.2 Å². The first-order valence-corrected chi connectivity index (χ1v) is 6.60. The second-order valence-corrected chi connectivity index (χ2v) is 4.86. The first-order chi connectivity index (χ1) is 9.56. The molecule has 6 heteroatoms. The molecule has 1 amide bonds. The molecule has 0 radical (unpaired) electrons. The molecule has 0 aliphatic carbocycles. The standard InChI is InChI=1S/C14H18F2N2O2/c1-10-9-18(7-6-17-10)13(19)8-11-4-2-3-5-12(11)20-14(15)16/h2-5,10,14,17H,6-9H2,1H3. The molecule has 1 N–H and O–H groups in total. The van der Waals surface area contributed by atoms with Crippen LogP contribution in [0.1, 0.15) is 12.5 Å². The molecule has 0 saturated carbocycles. The maximum atomic E-state index is 12.3. The Bertz CT molecular complexity index is 468. The zero-order valence-electron chi connectivity index (χ0n) is 11.3. The van der Waals surface area contributed by atoms with Crippen LogP contribution in [0.4, 0.5) is 8.78 Å². The number of nitrogens with one attached hydrogen (secondary N) is 1. The first-order valence-electron chi connectivity index (χ1n) is 6.60. The molecule has 0 spiro atoms. The molecule has 1 heterocycles. The quantitative estimate of drug-likeness (QED) is 0.914. The molecule has 1 saturated heterocycles. The topological polar surface area (TPSA) is 41.6 Å². The van der Waals surface area contributed by atoms with E-state index in [0.717, 1.165) is 6.54 Å². The molecule has 1 aliphatic heterocycles. The zero-order chi connectivity index (χ0) is 14.5. The lowest BCUT2D eigenvalue weighted by Crippen LogP contribution is -2.51. The fraction of sp³-hybridized carbons (Fsp3) is 0.500. The van der Waals surface area contributed by atoms with Crippen LogP contribution in [0.3, 0.4) is 0 Å². The molecule has 1 aromatic rings. The largest absolute Gasteiger partial charge is 0.435 e. The number of nitrogens with zero attached hydrogens (tertiary/aromatic N) is 1. The van der Waals surface area contributed by atoms with Gasteiger partial charge in [-0.05, 0) is 13.0 Å². The summed E-state index contributed by atoms with van der Waals surface area (Å²) in [6.07, 6.45) is 0.0790. The number of ether oxygens (including phenoxy) is 1. The van der Waals surface area contributed by atoms with Gasteiger partial charge < -0.3 is 15.0 Å². The van der Waals surface area contributed by atoms with E-state index in [2.05, 4.69) is 10.1 Å². The SMILES string of the molecule is CC1CN(C(=O)Cc2ccccc2OC(F)F)CCN1. The summed E-state index contributed by atoms with van der Waals surface area (Å²) < 4.78 is 29.1. The Morgan fingerprint density at radius 1 is 1.50 bits per heavy atom. The number of para-hydroxylation sites is 1. The Morgan fingerprint density at radius 2 is 2.25 bits per heavy atom. The molecule has 20 heavy (non-hydrogen) atoms. The number of rotatable bonds is 4. The molecule has 1 aromatic carbocycles. The van der Waals surface area contributed by atoms with E-state index in [1.807, 2.05) is 6.92 Å². The Morgan fingerprint density at radius 3 is 2.95 bits per heavy atom. The Hall–Kier alpha value is -1.69. The third-order valence-corrected chi connectivity index (χ3v) is 3.25. The number of benzene rings is 1. The molecule has 1 fully saturated rings. The van der Waals surface area contributed by atoms with E-state index in [1.165, 1.54) is 6.07 Å². The number of hydrogen-bond acceptors (Lipinski definition) is 3. The molecule has 0 bridgehead atoms. The van der Waals surface area contributed by atoms with Gasteiger partial charge in [0, 0.05) is 31.2 Å². The van der Waals surface area contributed by atoms with Crippen LogP contribution >= 0.6 is 0 Å². The van der Waals surface area contributed by atoms with Gasteiger partial charge in [-0.1, -0.05) is 18.2 Å². The fourth-order valence-electron chi connectivity index (χ4n) is 2.29. The lowest BCUT2D eigenvalue weighted by molar-refractivity contribution is -0.131. The number of piperazine rings is 1. The van der Waals surface area contributed by atoms with E-state index < -0.39 is 6.61 Å². The molecular formula is C14H18F2N2O2. The highest BCUT2D eigenvalue weighted by atomic mass is 19.3. The van der Waals surface area contributed by atoms with Crippen molar-refractivity contribution in [3.8, 4) is 5.75 Å². The van der Waals surface area contributed by atoms with Crippen molar-refractivity contribution in [2.75, 3.05) is 19.6 Å². The molecule has 4 nitrogen and oxygen atoms in total. The van der Waals surface area contributed by atoms with Gasteiger partial charge in [-0.25, -0.2) is 0 Å². The van der Waals surface area contributed by atoms with Gasteiger partial charge >= 0.3 is 6.61 Å². The summed E-state index contributed by atoms with van der Waals surface area (Å²) in [6, 6.07) is 6.66. The summed E-state index contributed by atoms with van der Waals surface area (Å²) in [5.74, 6) is 0.00250. The Kier molecular flexibility index (Phi) is 4.89. The predicted molar refractivity (Wildman–Crippen MR) is 70.8 cm³/mol. The van der Waals surface area contributed by atoms with E-state index in [9.17, 15) is 13.6 Å². The first kappa shape index (κ1) is 14.7. The summed E-state index contributed by atoms with van der Waals surface area (Å²) in [5.41, 5.74) is 0.490. The van der Waals surface area contributed by atoms with Crippen LogP contribution in [0.5, 0.6) is 5.75 Å². The summed E-state index contributed by atoms with van der Waals surface area (Å²) in [6.45, 7) is 1.15. The van der Waals surface area contributed by atoms with Crippen LogP contribution in [0, 0.1) is 0 Å². The van der Waals surface area contributed by atoms with E-state index in [1.54, 1.807) is 23.1 Å². The normalized spacial score (nSPS) is 19.2. The molecule has 1 unspecified atom stereocenters. The second kappa shape index (κ2) is 6.65. The van der Waals surface area contributed by atoms with Crippen molar-refractivity contribution in [2.45, 2.75) is 26.0 Å². The average molecular weight is 284 g/mol. The van der Waals surface area contributed by atoms with Crippen molar-refractivity contribution in [2.24, 2.45) is 0 Å². The number of alkyl halides is 2. The van der Waals surface area contributed by atoms with Crippen LogP contribution in [-0.2, 0) is 11.2 Å². The van der Waals surface area contributed by atoms with Gasteiger partial charge in [0.15, 0.2) is 0 Å². The Balaban J connectivity index is 2.03. The molecule has 0 aromatic heterocycles. The maximum Gasteiger partial charge on any atom is 0.387 e. The molecule has 1 aliphatic rings. The van der Waals surface area contributed by atoms with Crippen LogP contribution in [0.2, 0.25) is 0 Å². The Labute approximate surface area is 116 Å². The summed E-state index contributed by atoms with van der Waals surface area (Å²) in [5, 5.41) is 3.25. The maximum absolute atomic E-state index is 12.3. The van der Waals surface area contributed by atoms with Gasteiger partial charge in [0.1, 0.15) is 5.75 Å². The third-order valence-electron chi connectivity index (χ3n) is 3.25. The predicted octanol–water partition coefficient (Wildman–Crippen LogP) is 1.65. The van der Waals surface area contributed by atoms with Gasteiger partial charge in [0.25, 0.3) is 0 Å². The highest BCUT2D eigenvalue weighted by Crippen LogP contribution is 2.21. The van der Waals surface area contributed by atoms with Gasteiger partial charge in [-0.15, -0.1) is 0 Å². The number of carbonyl (C=O) groups is 1. The molecule has 2 rings (SSSR count). The summed E-state index contributed by atoms with van der Waals surface area (Å²) in [4.78, 5) is 14.0. The van der Waals surface area contributed by atoms with Gasteiger partial charge in [0.2, 0.25) is 5.91 Å². The van der Waals surface area contributed by atoms with Crippen LogP contribution in [0.25, 0.3) is 0 Å². The zero-order valence-corrected chi connectivity index (χ0v) is 11.3. The second-order valence-electron chi connectivity index (χ2n) is 4.86. The van der Waals surface area contributed by atoms with Crippen LogP contribution in [0.15, 0.2) is 24.3 Å². The fourth-order valence-corrected chi connectivity index (χ4v) is 2.29. The highest BCUT2D eigenvalue weighted by molar-refractivity contribution is 5.79. The van der Waals surface area contributed by atoms with Crippen molar-refractivity contribution >= 4 is 5.91 Å². The van der Waals surface area contributed by atoms with Crippen LogP contribution in [-0.4, -0.2) is 43.1 Å². The monoisotopic (exact) mass is 284 g/mol. The van der Waals surface area contributed by atoms with Gasteiger partial charge in [-0.3, -0.25) is 4.79 Å². The third kappa shape index (κ3) is 3.90.